The van der Waals surface area contributed by atoms with Crippen LogP contribution in [0.5, 0.6) is 0 Å². The lowest BCUT2D eigenvalue weighted by molar-refractivity contribution is 0.260. The minimum atomic E-state index is -0.486. The van der Waals surface area contributed by atoms with E-state index in [1.165, 1.54) is 15.3 Å². The zero-order valence-corrected chi connectivity index (χ0v) is 13.1. The molecule has 0 fully saturated rings. The average Bonchev–Trinajstić information content (AvgIpc) is 2.47. The number of aryl methyl sites for hydroxylation is 1. The summed E-state index contributed by atoms with van der Waals surface area (Å²) >= 11 is 0. The van der Waals surface area contributed by atoms with Crippen molar-refractivity contribution < 1.29 is 0 Å². The SMILES string of the molecule is CCCN(CCC)CCn1c(=O)c(C#N)cn(CC)c1=O. The first-order chi connectivity index (χ1) is 10.1. The van der Waals surface area contributed by atoms with Crippen LogP contribution in [0.3, 0.4) is 0 Å². The van der Waals surface area contributed by atoms with Crippen molar-refractivity contribution in [2.24, 2.45) is 0 Å². The molecule has 0 radical (unpaired) electrons. The van der Waals surface area contributed by atoms with E-state index in [1.54, 1.807) is 0 Å². The lowest BCUT2D eigenvalue weighted by Gasteiger charge is -2.21. The predicted octanol–water partition coefficient (Wildman–Crippen LogP) is 1.02. The molecule has 0 bridgehead atoms. The van der Waals surface area contributed by atoms with Crippen molar-refractivity contribution in [3.63, 3.8) is 0 Å². The number of nitrogens with zero attached hydrogens (tertiary/aromatic N) is 4. The summed E-state index contributed by atoms with van der Waals surface area (Å²) in [6.45, 7) is 9.34. The lowest BCUT2D eigenvalue weighted by atomic mass is 10.3. The number of hydrogen-bond acceptors (Lipinski definition) is 4. The van der Waals surface area contributed by atoms with Gasteiger partial charge in [0.2, 0.25) is 0 Å². The van der Waals surface area contributed by atoms with Crippen LogP contribution in [0.15, 0.2) is 15.8 Å². The Kier molecular flexibility index (Phi) is 6.89. The lowest BCUT2D eigenvalue weighted by Crippen LogP contribution is -2.43. The highest BCUT2D eigenvalue weighted by Gasteiger charge is 2.11. The molecule has 0 amide bonds. The van der Waals surface area contributed by atoms with Crippen LogP contribution in [0, 0.1) is 11.3 Å². The Morgan fingerprint density at radius 1 is 1.14 bits per heavy atom. The Balaban J connectivity index is 3.05. The molecule has 6 nitrogen and oxygen atoms in total. The summed E-state index contributed by atoms with van der Waals surface area (Å²) in [6, 6.07) is 1.87. The molecule has 1 rings (SSSR count). The molecule has 0 N–H and O–H groups in total. The molecule has 1 aromatic heterocycles. The first kappa shape index (κ1) is 17.2. The van der Waals surface area contributed by atoms with Gasteiger partial charge < -0.3 is 4.90 Å². The Morgan fingerprint density at radius 2 is 1.76 bits per heavy atom. The summed E-state index contributed by atoms with van der Waals surface area (Å²) in [5, 5.41) is 9.01. The molecule has 0 spiro atoms. The zero-order valence-electron chi connectivity index (χ0n) is 13.1. The molecule has 0 saturated carbocycles. The maximum Gasteiger partial charge on any atom is 0.331 e. The largest absolute Gasteiger partial charge is 0.331 e. The normalized spacial score (nSPS) is 10.8. The molecule has 0 aromatic carbocycles. The van der Waals surface area contributed by atoms with E-state index in [4.69, 9.17) is 5.26 Å². The first-order valence-corrected chi connectivity index (χ1v) is 7.55. The standard InChI is InChI=1S/C15H24N4O2/c1-4-7-17(8-5-2)9-10-19-14(20)13(11-16)12-18(6-3)15(19)21/h12H,4-10H2,1-3H3. The van der Waals surface area contributed by atoms with Crippen LogP contribution in [-0.2, 0) is 13.1 Å². The van der Waals surface area contributed by atoms with Crippen LogP contribution in [0.25, 0.3) is 0 Å². The van der Waals surface area contributed by atoms with Gasteiger partial charge in [0.25, 0.3) is 5.56 Å². The Bertz CT molecular complexity index is 604. The molecule has 0 aliphatic carbocycles. The van der Waals surface area contributed by atoms with Crippen molar-refractivity contribution in [2.45, 2.75) is 46.7 Å². The van der Waals surface area contributed by atoms with Crippen LogP contribution in [0.1, 0.15) is 39.2 Å². The summed E-state index contributed by atoms with van der Waals surface area (Å²) in [4.78, 5) is 26.6. The van der Waals surface area contributed by atoms with Crippen molar-refractivity contribution in [1.29, 1.82) is 5.26 Å². The van der Waals surface area contributed by atoms with Crippen molar-refractivity contribution in [3.05, 3.63) is 32.6 Å². The van der Waals surface area contributed by atoms with Crippen molar-refractivity contribution in [1.82, 2.24) is 14.0 Å². The zero-order chi connectivity index (χ0) is 15.8. The third kappa shape index (κ3) is 4.30. The van der Waals surface area contributed by atoms with E-state index in [9.17, 15) is 9.59 Å². The Morgan fingerprint density at radius 3 is 2.24 bits per heavy atom. The topological polar surface area (TPSA) is 71.0 Å². The molecule has 0 saturated heterocycles. The van der Waals surface area contributed by atoms with Crippen molar-refractivity contribution >= 4 is 0 Å². The van der Waals surface area contributed by atoms with Gasteiger partial charge in [-0.05, 0) is 32.9 Å². The van der Waals surface area contributed by atoms with E-state index in [1.807, 2.05) is 13.0 Å². The summed E-state index contributed by atoms with van der Waals surface area (Å²) < 4.78 is 2.59. The second-order valence-electron chi connectivity index (χ2n) is 5.02. The van der Waals surface area contributed by atoms with Gasteiger partial charge in [-0.2, -0.15) is 5.26 Å². The number of aromatic nitrogens is 2. The molecule has 21 heavy (non-hydrogen) atoms. The molecule has 1 aromatic rings. The quantitative estimate of drug-likeness (QED) is 0.717. The smallest absolute Gasteiger partial charge is 0.302 e. The fourth-order valence-corrected chi connectivity index (χ4v) is 2.36. The van der Waals surface area contributed by atoms with Gasteiger partial charge in [-0.3, -0.25) is 13.9 Å². The van der Waals surface area contributed by atoms with Crippen molar-refractivity contribution in [3.8, 4) is 6.07 Å². The highest BCUT2D eigenvalue weighted by Crippen LogP contribution is 1.95. The van der Waals surface area contributed by atoms with Crippen LogP contribution < -0.4 is 11.2 Å². The van der Waals surface area contributed by atoms with E-state index in [-0.39, 0.29) is 11.3 Å². The molecule has 0 unspecified atom stereocenters. The highest BCUT2D eigenvalue weighted by molar-refractivity contribution is 5.22. The van der Waals surface area contributed by atoms with E-state index >= 15 is 0 Å². The molecule has 6 heteroatoms. The molecular weight excluding hydrogens is 268 g/mol. The van der Waals surface area contributed by atoms with Gasteiger partial charge in [0.15, 0.2) is 0 Å². The Labute approximate surface area is 125 Å². The van der Waals surface area contributed by atoms with Gasteiger partial charge >= 0.3 is 5.69 Å². The van der Waals surface area contributed by atoms with E-state index < -0.39 is 5.56 Å². The monoisotopic (exact) mass is 292 g/mol. The third-order valence-electron chi connectivity index (χ3n) is 3.42. The van der Waals surface area contributed by atoms with Gasteiger partial charge in [-0.15, -0.1) is 0 Å². The van der Waals surface area contributed by atoms with Crippen LogP contribution in [0.4, 0.5) is 0 Å². The molecule has 0 aliphatic rings. The van der Waals surface area contributed by atoms with Crippen LogP contribution >= 0.6 is 0 Å². The highest BCUT2D eigenvalue weighted by atomic mass is 16.2. The van der Waals surface area contributed by atoms with Crippen molar-refractivity contribution in [2.75, 3.05) is 19.6 Å². The third-order valence-corrected chi connectivity index (χ3v) is 3.42. The number of rotatable bonds is 8. The summed E-state index contributed by atoms with van der Waals surface area (Å²) in [6.07, 6.45) is 3.41. The number of hydrogen-bond donors (Lipinski definition) is 0. The maximum absolute atomic E-state index is 12.2. The second kappa shape index (κ2) is 8.42. The second-order valence-corrected chi connectivity index (χ2v) is 5.02. The predicted molar refractivity (Wildman–Crippen MR) is 82.4 cm³/mol. The van der Waals surface area contributed by atoms with Gasteiger partial charge in [-0.1, -0.05) is 13.8 Å². The Hall–Kier alpha value is -1.87. The summed E-state index contributed by atoms with van der Waals surface area (Å²) in [5.41, 5.74) is -0.802. The van der Waals surface area contributed by atoms with Crippen LogP contribution in [-0.4, -0.2) is 33.7 Å². The summed E-state index contributed by atoms with van der Waals surface area (Å²) in [7, 11) is 0. The average molecular weight is 292 g/mol. The van der Waals surface area contributed by atoms with Gasteiger partial charge in [0.05, 0.1) is 0 Å². The first-order valence-electron chi connectivity index (χ1n) is 7.55. The molecule has 1 heterocycles. The molecule has 116 valence electrons. The fraction of sp³-hybridized carbons (Fsp3) is 0.667. The summed E-state index contributed by atoms with van der Waals surface area (Å²) in [5.74, 6) is 0. The molecule has 0 aliphatic heterocycles. The van der Waals surface area contributed by atoms with E-state index in [0.717, 1.165) is 25.9 Å². The minimum Gasteiger partial charge on any atom is -0.302 e. The molecular formula is C15H24N4O2. The van der Waals surface area contributed by atoms with E-state index in [2.05, 4.69) is 18.7 Å². The molecule has 0 atom stereocenters. The van der Waals surface area contributed by atoms with Crippen LogP contribution in [0.2, 0.25) is 0 Å². The van der Waals surface area contributed by atoms with Gasteiger partial charge in [-0.25, -0.2) is 4.79 Å². The number of nitriles is 1. The van der Waals surface area contributed by atoms with Gasteiger partial charge in [0.1, 0.15) is 11.6 Å². The van der Waals surface area contributed by atoms with E-state index in [0.29, 0.717) is 19.6 Å². The fourth-order valence-electron chi connectivity index (χ4n) is 2.36. The minimum absolute atomic E-state index is 0.0222. The maximum atomic E-state index is 12.2. The van der Waals surface area contributed by atoms with Gasteiger partial charge in [0, 0.05) is 25.8 Å².